The average molecular weight is 222 g/mol. The summed E-state index contributed by atoms with van der Waals surface area (Å²) in [5, 5.41) is 27.4. The standard InChI is InChI=1S/C9H7BO4S/c11-9(12)5-1-2-7-6(3-5)4-8(15-7)10(13)14/h1-4,13-14H,(H,11,12). The van der Waals surface area contributed by atoms with Gasteiger partial charge in [-0.3, -0.25) is 0 Å². The molecule has 0 fully saturated rings. The quantitative estimate of drug-likeness (QED) is 0.637. The van der Waals surface area contributed by atoms with E-state index in [1.165, 1.54) is 23.5 Å². The van der Waals surface area contributed by atoms with Crippen LogP contribution in [0.1, 0.15) is 10.4 Å². The van der Waals surface area contributed by atoms with Crippen LogP contribution >= 0.6 is 11.3 Å². The average Bonchev–Trinajstić information content (AvgIpc) is 2.59. The van der Waals surface area contributed by atoms with Crippen LogP contribution in [-0.4, -0.2) is 28.2 Å². The number of benzene rings is 1. The number of hydrogen-bond donors (Lipinski definition) is 3. The number of carbonyl (C=O) groups is 1. The van der Waals surface area contributed by atoms with Crippen molar-refractivity contribution in [2.24, 2.45) is 0 Å². The zero-order valence-corrected chi connectivity index (χ0v) is 8.36. The number of carboxylic acid groups (broad SMARTS) is 1. The Labute approximate surface area is 89.6 Å². The highest BCUT2D eigenvalue weighted by Crippen LogP contribution is 2.20. The lowest BCUT2D eigenvalue weighted by Crippen LogP contribution is -2.26. The lowest BCUT2D eigenvalue weighted by Gasteiger charge is -1.92. The van der Waals surface area contributed by atoms with Gasteiger partial charge in [-0.25, -0.2) is 4.79 Å². The molecule has 6 heteroatoms. The highest BCUT2D eigenvalue weighted by Gasteiger charge is 2.15. The van der Waals surface area contributed by atoms with Gasteiger partial charge in [0, 0.05) is 9.48 Å². The van der Waals surface area contributed by atoms with E-state index in [2.05, 4.69) is 0 Å². The van der Waals surface area contributed by atoms with Gasteiger partial charge in [-0.15, -0.1) is 11.3 Å². The molecule has 0 unspecified atom stereocenters. The molecule has 0 saturated carbocycles. The van der Waals surface area contributed by atoms with E-state index in [4.69, 9.17) is 15.2 Å². The monoisotopic (exact) mass is 222 g/mol. The van der Waals surface area contributed by atoms with Crippen LogP contribution in [0.3, 0.4) is 0 Å². The highest BCUT2D eigenvalue weighted by molar-refractivity contribution is 7.27. The number of thiophene rings is 1. The Morgan fingerprint density at radius 1 is 1.27 bits per heavy atom. The number of fused-ring (bicyclic) bond motifs is 1. The molecule has 1 aromatic heterocycles. The Balaban J connectivity index is 2.57. The fraction of sp³-hybridized carbons (Fsp3) is 0. The van der Waals surface area contributed by atoms with Gasteiger partial charge in [-0.05, 0) is 29.7 Å². The first kappa shape index (κ1) is 10.2. The zero-order valence-electron chi connectivity index (χ0n) is 7.54. The summed E-state index contributed by atoms with van der Waals surface area (Å²) in [4.78, 5) is 10.7. The Morgan fingerprint density at radius 2 is 2.00 bits per heavy atom. The molecule has 0 radical (unpaired) electrons. The largest absolute Gasteiger partial charge is 0.499 e. The molecule has 0 amide bonds. The van der Waals surface area contributed by atoms with E-state index in [0.29, 0.717) is 10.2 Å². The van der Waals surface area contributed by atoms with Gasteiger partial charge in [0.2, 0.25) is 0 Å². The third kappa shape index (κ3) is 1.87. The van der Waals surface area contributed by atoms with Gasteiger partial charge >= 0.3 is 13.1 Å². The van der Waals surface area contributed by atoms with Gasteiger partial charge < -0.3 is 15.2 Å². The van der Waals surface area contributed by atoms with Crippen LogP contribution in [0, 0.1) is 0 Å². The van der Waals surface area contributed by atoms with Crippen molar-refractivity contribution >= 4 is 39.3 Å². The van der Waals surface area contributed by atoms with Crippen LogP contribution in [0.15, 0.2) is 24.3 Å². The van der Waals surface area contributed by atoms with Crippen LogP contribution in [-0.2, 0) is 0 Å². The van der Waals surface area contributed by atoms with Gasteiger partial charge in [-0.1, -0.05) is 0 Å². The normalized spacial score (nSPS) is 10.5. The van der Waals surface area contributed by atoms with Gasteiger partial charge in [0.25, 0.3) is 0 Å². The maximum atomic E-state index is 10.7. The van der Waals surface area contributed by atoms with Gasteiger partial charge in [-0.2, -0.15) is 0 Å². The molecular formula is C9H7BO4S. The summed E-state index contributed by atoms with van der Waals surface area (Å²) in [6.07, 6.45) is 0. The maximum absolute atomic E-state index is 10.7. The first-order valence-electron chi connectivity index (χ1n) is 4.21. The molecule has 0 aliphatic carbocycles. The van der Waals surface area contributed by atoms with Crippen LogP contribution in [0.4, 0.5) is 0 Å². The fourth-order valence-corrected chi connectivity index (χ4v) is 2.24. The smallest absolute Gasteiger partial charge is 0.478 e. The summed E-state index contributed by atoms with van der Waals surface area (Å²) in [6.45, 7) is 0. The molecule has 4 nitrogen and oxygen atoms in total. The Bertz CT molecular complexity index is 520. The molecule has 0 aliphatic heterocycles. The minimum atomic E-state index is -1.50. The lowest BCUT2D eigenvalue weighted by molar-refractivity contribution is 0.0697. The van der Waals surface area contributed by atoms with E-state index in [9.17, 15) is 4.79 Å². The van der Waals surface area contributed by atoms with Crippen molar-refractivity contribution in [1.82, 2.24) is 0 Å². The highest BCUT2D eigenvalue weighted by atomic mass is 32.1. The summed E-state index contributed by atoms with van der Waals surface area (Å²) in [6, 6.07) is 6.25. The Kier molecular flexibility index (Phi) is 2.48. The fourth-order valence-electron chi connectivity index (χ4n) is 1.32. The molecule has 2 aromatic rings. The van der Waals surface area contributed by atoms with E-state index >= 15 is 0 Å². The SMILES string of the molecule is O=C(O)c1ccc2sc(B(O)O)cc2c1. The van der Waals surface area contributed by atoms with Crippen molar-refractivity contribution in [3.05, 3.63) is 29.8 Å². The molecule has 76 valence electrons. The van der Waals surface area contributed by atoms with Gasteiger partial charge in [0.1, 0.15) is 0 Å². The molecule has 0 bridgehead atoms. The first-order chi connectivity index (χ1) is 7.08. The molecule has 0 saturated heterocycles. The lowest BCUT2D eigenvalue weighted by atomic mass is 9.89. The Hall–Kier alpha value is -1.37. The van der Waals surface area contributed by atoms with Crippen molar-refractivity contribution < 1.29 is 19.9 Å². The van der Waals surface area contributed by atoms with Gasteiger partial charge in [0.05, 0.1) is 5.56 Å². The second-order valence-corrected chi connectivity index (χ2v) is 4.20. The van der Waals surface area contributed by atoms with E-state index in [1.807, 2.05) is 0 Å². The van der Waals surface area contributed by atoms with Crippen molar-refractivity contribution in [3.8, 4) is 0 Å². The number of aromatic carboxylic acids is 1. The van der Waals surface area contributed by atoms with Crippen LogP contribution in [0.2, 0.25) is 0 Å². The topological polar surface area (TPSA) is 77.8 Å². The molecule has 0 spiro atoms. The number of hydrogen-bond acceptors (Lipinski definition) is 4. The second kappa shape index (κ2) is 3.65. The summed E-state index contributed by atoms with van der Waals surface area (Å²) in [7, 11) is -1.50. The Morgan fingerprint density at radius 3 is 2.60 bits per heavy atom. The molecule has 0 atom stereocenters. The summed E-state index contributed by atoms with van der Waals surface area (Å²) >= 11 is 1.23. The van der Waals surface area contributed by atoms with Crippen molar-refractivity contribution in [1.29, 1.82) is 0 Å². The minimum Gasteiger partial charge on any atom is -0.478 e. The predicted octanol–water partition coefficient (Wildman–Crippen LogP) is 0.279. The molecule has 15 heavy (non-hydrogen) atoms. The van der Waals surface area contributed by atoms with Crippen LogP contribution < -0.4 is 4.78 Å². The van der Waals surface area contributed by atoms with Crippen molar-refractivity contribution in [2.45, 2.75) is 0 Å². The number of rotatable bonds is 2. The van der Waals surface area contributed by atoms with Crippen LogP contribution in [0.25, 0.3) is 10.1 Å². The maximum Gasteiger partial charge on any atom is 0.499 e. The molecule has 3 N–H and O–H groups in total. The third-order valence-electron chi connectivity index (χ3n) is 2.04. The molecular weight excluding hydrogens is 215 g/mol. The van der Waals surface area contributed by atoms with E-state index in [-0.39, 0.29) is 5.56 Å². The molecule has 0 aliphatic rings. The summed E-state index contributed by atoms with van der Waals surface area (Å²) in [5.74, 6) is -0.991. The minimum absolute atomic E-state index is 0.194. The van der Waals surface area contributed by atoms with Gasteiger partial charge in [0.15, 0.2) is 0 Å². The summed E-state index contributed by atoms with van der Waals surface area (Å²) < 4.78 is 1.25. The van der Waals surface area contributed by atoms with Crippen molar-refractivity contribution in [3.63, 3.8) is 0 Å². The molecule has 1 heterocycles. The zero-order chi connectivity index (χ0) is 11.0. The van der Waals surface area contributed by atoms with E-state index < -0.39 is 13.1 Å². The summed E-state index contributed by atoms with van der Waals surface area (Å²) in [5.41, 5.74) is 0.194. The predicted molar refractivity (Wildman–Crippen MR) is 58.6 cm³/mol. The van der Waals surface area contributed by atoms with E-state index in [0.717, 1.165) is 4.70 Å². The number of carboxylic acids is 1. The first-order valence-corrected chi connectivity index (χ1v) is 5.02. The second-order valence-electron chi connectivity index (χ2n) is 3.08. The molecule has 1 aromatic carbocycles. The van der Waals surface area contributed by atoms with Crippen molar-refractivity contribution in [2.75, 3.05) is 0 Å². The van der Waals surface area contributed by atoms with E-state index in [1.54, 1.807) is 12.1 Å². The van der Waals surface area contributed by atoms with Crippen LogP contribution in [0.5, 0.6) is 0 Å². The third-order valence-corrected chi connectivity index (χ3v) is 3.19. The molecule has 2 rings (SSSR count).